The lowest BCUT2D eigenvalue weighted by Crippen LogP contribution is -2.11. The number of rotatable bonds is 4. The number of carboxylic acid groups (broad SMARTS) is 1. The van der Waals surface area contributed by atoms with E-state index in [0.717, 1.165) is 5.56 Å². The lowest BCUT2D eigenvalue weighted by molar-refractivity contribution is 0.0691. The maximum Gasteiger partial charge on any atom is 0.358 e. The third kappa shape index (κ3) is 3.36. The smallest absolute Gasteiger partial charge is 0.358 e. The number of hydrogen-bond acceptors (Lipinski definition) is 4. The van der Waals surface area contributed by atoms with Gasteiger partial charge in [0.2, 0.25) is 0 Å². The van der Waals surface area contributed by atoms with Crippen molar-refractivity contribution in [1.29, 1.82) is 0 Å². The highest BCUT2D eigenvalue weighted by atomic mass is 35.5. The summed E-state index contributed by atoms with van der Waals surface area (Å²) >= 11 is 11.9. The monoisotopic (exact) mass is 347 g/mol. The van der Waals surface area contributed by atoms with Crippen LogP contribution >= 0.6 is 23.2 Å². The first-order chi connectivity index (χ1) is 11.0. The summed E-state index contributed by atoms with van der Waals surface area (Å²) < 4.78 is 0. The van der Waals surface area contributed by atoms with Gasteiger partial charge in [-0.15, -0.1) is 0 Å². The highest BCUT2D eigenvalue weighted by molar-refractivity contribution is 6.42. The zero-order valence-corrected chi connectivity index (χ0v) is 13.3. The Morgan fingerprint density at radius 2 is 1.74 bits per heavy atom. The number of carbonyl (C=O) groups is 1. The molecule has 0 saturated carbocycles. The number of carboxylic acids is 1. The molecule has 0 bridgehead atoms. The van der Waals surface area contributed by atoms with Crippen LogP contribution in [0.1, 0.15) is 16.1 Å². The van der Waals surface area contributed by atoms with Crippen LogP contribution in [0.5, 0.6) is 0 Å². The van der Waals surface area contributed by atoms with E-state index in [0.29, 0.717) is 27.6 Å². The number of nitrogens with one attached hydrogen (secondary N) is 1. The third-order valence-electron chi connectivity index (χ3n) is 3.22. The van der Waals surface area contributed by atoms with Gasteiger partial charge in [-0.3, -0.25) is 0 Å². The Balaban J connectivity index is 1.93. The molecule has 0 amide bonds. The summed E-state index contributed by atoms with van der Waals surface area (Å²) in [7, 11) is 0. The van der Waals surface area contributed by atoms with E-state index in [1.807, 2.05) is 6.07 Å². The summed E-state index contributed by atoms with van der Waals surface area (Å²) in [5, 5.41) is 13.2. The van der Waals surface area contributed by atoms with Gasteiger partial charge in [0, 0.05) is 6.54 Å². The second-order valence-corrected chi connectivity index (χ2v) is 5.63. The predicted octanol–water partition coefficient (Wildman–Crippen LogP) is 4.25. The number of anilines is 1. The lowest BCUT2D eigenvalue weighted by Gasteiger charge is -2.10. The molecule has 0 unspecified atom stereocenters. The highest BCUT2D eigenvalue weighted by Crippen LogP contribution is 2.23. The minimum Gasteiger partial charge on any atom is -0.476 e. The zero-order chi connectivity index (χ0) is 16.4. The standard InChI is InChI=1S/C16H11Cl2N3O2/c17-10-6-5-9(7-11(10)18)8-19-15-14(16(22)23)20-12-3-1-2-4-13(12)21-15/h1-7H,8H2,(H,19,21)(H,22,23). The van der Waals surface area contributed by atoms with E-state index in [1.165, 1.54) is 0 Å². The predicted molar refractivity (Wildman–Crippen MR) is 90.3 cm³/mol. The molecule has 0 atom stereocenters. The van der Waals surface area contributed by atoms with Crippen molar-refractivity contribution in [3.8, 4) is 0 Å². The molecule has 0 aliphatic rings. The molecule has 0 fully saturated rings. The number of para-hydroxylation sites is 2. The van der Waals surface area contributed by atoms with Crippen molar-refractivity contribution in [2.24, 2.45) is 0 Å². The van der Waals surface area contributed by atoms with Crippen molar-refractivity contribution < 1.29 is 9.90 Å². The Kier molecular flexibility index (Phi) is 4.32. The van der Waals surface area contributed by atoms with Crippen molar-refractivity contribution >= 4 is 46.0 Å². The van der Waals surface area contributed by atoms with Crippen LogP contribution in [0.2, 0.25) is 10.0 Å². The van der Waals surface area contributed by atoms with Crippen molar-refractivity contribution in [1.82, 2.24) is 9.97 Å². The van der Waals surface area contributed by atoms with Gasteiger partial charge in [-0.25, -0.2) is 14.8 Å². The molecule has 23 heavy (non-hydrogen) atoms. The Hall–Kier alpha value is -2.37. The molecular formula is C16H11Cl2N3O2. The summed E-state index contributed by atoms with van der Waals surface area (Å²) in [6.07, 6.45) is 0. The van der Waals surface area contributed by atoms with Crippen molar-refractivity contribution in [3.63, 3.8) is 0 Å². The van der Waals surface area contributed by atoms with Crippen molar-refractivity contribution in [2.75, 3.05) is 5.32 Å². The number of nitrogens with zero attached hydrogens (tertiary/aromatic N) is 2. The van der Waals surface area contributed by atoms with Gasteiger partial charge < -0.3 is 10.4 Å². The van der Waals surface area contributed by atoms with Crippen LogP contribution in [0.3, 0.4) is 0 Å². The molecule has 1 heterocycles. The molecule has 2 aromatic carbocycles. The Morgan fingerprint density at radius 3 is 2.39 bits per heavy atom. The average molecular weight is 348 g/mol. The molecule has 0 radical (unpaired) electrons. The van der Waals surface area contributed by atoms with E-state index in [-0.39, 0.29) is 11.5 Å². The van der Waals surface area contributed by atoms with Crippen LogP contribution < -0.4 is 5.32 Å². The molecule has 1 aromatic heterocycles. The maximum atomic E-state index is 11.4. The SMILES string of the molecule is O=C(O)c1nc2ccccc2nc1NCc1ccc(Cl)c(Cl)c1. The molecule has 0 aliphatic heterocycles. The van der Waals surface area contributed by atoms with Gasteiger partial charge in [-0.1, -0.05) is 41.4 Å². The summed E-state index contributed by atoms with van der Waals surface area (Å²) in [4.78, 5) is 19.9. The molecule has 5 nitrogen and oxygen atoms in total. The molecular weight excluding hydrogens is 337 g/mol. The molecule has 7 heteroatoms. The van der Waals surface area contributed by atoms with E-state index in [9.17, 15) is 9.90 Å². The van der Waals surface area contributed by atoms with Crippen LogP contribution in [-0.2, 0) is 6.54 Å². The highest BCUT2D eigenvalue weighted by Gasteiger charge is 2.15. The van der Waals surface area contributed by atoms with Gasteiger partial charge in [0.05, 0.1) is 21.1 Å². The van der Waals surface area contributed by atoms with E-state index in [1.54, 1.807) is 36.4 Å². The largest absolute Gasteiger partial charge is 0.476 e. The van der Waals surface area contributed by atoms with E-state index in [2.05, 4.69) is 15.3 Å². The number of halogens is 2. The zero-order valence-electron chi connectivity index (χ0n) is 11.8. The molecule has 0 spiro atoms. The summed E-state index contributed by atoms with van der Waals surface area (Å²) in [6.45, 7) is 0.351. The van der Waals surface area contributed by atoms with Gasteiger partial charge in [0.1, 0.15) is 0 Å². The second-order valence-electron chi connectivity index (χ2n) is 4.82. The average Bonchev–Trinajstić information content (AvgIpc) is 2.55. The van der Waals surface area contributed by atoms with Gasteiger partial charge in [0.25, 0.3) is 0 Å². The number of aromatic nitrogens is 2. The quantitative estimate of drug-likeness (QED) is 0.737. The third-order valence-corrected chi connectivity index (χ3v) is 3.96. The number of hydrogen-bond donors (Lipinski definition) is 2. The first-order valence-electron chi connectivity index (χ1n) is 6.72. The van der Waals surface area contributed by atoms with Crippen LogP contribution in [0.4, 0.5) is 5.82 Å². The number of aromatic carboxylic acids is 1. The molecule has 2 N–H and O–H groups in total. The molecule has 3 aromatic rings. The Labute approximate surface area is 141 Å². The number of benzene rings is 2. The molecule has 3 rings (SSSR count). The van der Waals surface area contributed by atoms with Crippen LogP contribution in [0.25, 0.3) is 11.0 Å². The Morgan fingerprint density at radius 1 is 1.04 bits per heavy atom. The van der Waals surface area contributed by atoms with Crippen LogP contribution in [-0.4, -0.2) is 21.0 Å². The first kappa shape index (κ1) is 15.5. The second kappa shape index (κ2) is 6.40. The Bertz CT molecular complexity index is 900. The molecule has 0 aliphatic carbocycles. The van der Waals surface area contributed by atoms with Gasteiger partial charge in [-0.2, -0.15) is 0 Å². The summed E-state index contributed by atoms with van der Waals surface area (Å²) in [5.41, 5.74) is 1.88. The lowest BCUT2D eigenvalue weighted by atomic mass is 10.2. The fourth-order valence-electron chi connectivity index (χ4n) is 2.11. The molecule has 116 valence electrons. The fourth-order valence-corrected chi connectivity index (χ4v) is 2.43. The fraction of sp³-hybridized carbons (Fsp3) is 0.0625. The summed E-state index contributed by atoms with van der Waals surface area (Å²) in [5.74, 6) is -0.929. The summed E-state index contributed by atoms with van der Waals surface area (Å²) in [6, 6.07) is 12.3. The van der Waals surface area contributed by atoms with E-state index >= 15 is 0 Å². The van der Waals surface area contributed by atoms with Gasteiger partial charge in [0.15, 0.2) is 11.5 Å². The van der Waals surface area contributed by atoms with Crippen molar-refractivity contribution in [3.05, 3.63) is 63.8 Å². The van der Waals surface area contributed by atoms with E-state index < -0.39 is 5.97 Å². The normalized spacial score (nSPS) is 10.7. The topological polar surface area (TPSA) is 75.1 Å². The number of fused-ring (bicyclic) bond motifs is 1. The van der Waals surface area contributed by atoms with Crippen molar-refractivity contribution in [2.45, 2.75) is 6.54 Å². The first-order valence-corrected chi connectivity index (χ1v) is 7.48. The minimum atomic E-state index is -1.14. The van der Waals surface area contributed by atoms with Gasteiger partial charge >= 0.3 is 5.97 Å². The molecule has 0 saturated heterocycles. The maximum absolute atomic E-state index is 11.4. The van der Waals surface area contributed by atoms with Gasteiger partial charge in [-0.05, 0) is 29.8 Å². The van der Waals surface area contributed by atoms with Crippen LogP contribution in [0.15, 0.2) is 42.5 Å². The van der Waals surface area contributed by atoms with Crippen LogP contribution in [0, 0.1) is 0 Å². The van der Waals surface area contributed by atoms with E-state index in [4.69, 9.17) is 23.2 Å². The minimum absolute atomic E-state index is 0.122.